The van der Waals surface area contributed by atoms with Gasteiger partial charge < -0.3 is 19.7 Å². The Kier molecular flexibility index (Phi) is 9.39. The fraction of sp³-hybridized carbons (Fsp3) is 0.370. The van der Waals surface area contributed by atoms with Crippen LogP contribution >= 0.6 is 0 Å². The normalized spacial score (nSPS) is 13.8. The highest BCUT2D eigenvalue weighted by Crippen LogP contribution is 2.32. The largest absolute Gasteiger partial charge is 0.423 e. The second-order valence-electron chi connectivity index (χ2n) is 10.3. The number of pyridine rings is 1. The van der Waals surface area contributed by atoms with E-state index in [0.29, 0.717) is 11.8 Å². The van der Waals surface area contributed by atoms with Crippen molar-refractivity contribution in [3.8, 4) is 11.4 Å². The van der Waals surface area contributed by atoms with E-state index in [2.05, 4.69) is 25.1 Å². The minimum Gasteiger partial charge on any atom is -0.386 e. The predicted octanol–water partition coefficient (Wildman–Crippen LogP) is 4.38. The lowest BCUT2D eigenvalue weighted by atomic mass is 10.0. The van der Waals surface area contributed by atoms with Crippen LogP contribution in [0, 0.1) is 5.82 Å². The molecule has 10 nitrogen and oxygen atoms in total. The zero-order chi connectivity index (χ0) is 32.4. The summed E-state index contributed by atoms with van der Waals surface area (Å²) in [6.45, 7) is -1.91. The molecule has 0 saturated carbocycles. The molecule has 4 aromatic rings. The number of benzene rings is 1. The van der Waals surface area contributed by atoms with Gasteiger partial charge in [0, 0.05) is 30.6 Å². The molecule has 2 unspecified atom stereocenters. The molecule has 0 radical (unpaired) electrons. The van der Waals surface area contributed by atoms with Crippen molar-refractivity contribution in [3.05, 3.63) is 80.6 Å². The van der Waals surface area contributed by atoms with Crippen LogP contribution in [0.25, 0.3) is 22.2 Å². The summed E-state index contributed by atoms with van der Waals surface area (Å²) >= 11 is 0. The number of aromatic nitrogens is 5. The maximum absolute atomic E-state index is 15.2. The van der Waals surface area contributed by atoms with E-state index in [0.717, 1.165) is 10.6 Å². The van der Waals surface area contributed by atoms with Crippen molar-refractivity contribution in [2.45, 2.75) is 57.4 Å². The molecule has 0 fully saturated rings. The van der Waals surface area contributed by atoms with Crippen molar-refractivity contribution in [2.75, 3.05) is 11.9 Å². The molecular formula is C27H25F7N6O4. The Labute approximate surface area is 243 Å². The third kappa shape index (κ3) is 7.57. The Morgan fingerprint density at radius 1 is 1.09 bits per heavy atom. The van der Waals surface area contributed by atoms with Crippen LogP contribution in [0.4, 0.5) is 36.4 Å². The van der Waals surface area contributed by atoms with Gasteiger partial charge in [0.2, 0.25) is 0 Å². The number of aromatic amines is 1. The second-order valence-corrected chi connectivity index (χ2v) is 10.3. The summed E-state index contributed by atoms with van der Waals surface area (Å²) in [6.07, 6.45) is -3.42. The number of rotatable bonds is 11. The van der Waals surface area contributed by atoms with Crippen LogP contribution < -0.4 is 16.4 Å². The Balaban J connectivity index is 1.57. The van der Waals surface area contributed by atoms with Crippen LogP contribution in [0.5, 0.6) is 0 Å². The minimum atomic E-state index is -5.15. The number of nitrogens with zero attached hydrogens (tertiary/aromatic N) is 4. The molecule has 0 amide bonds. The molecule has 0 aliphatic heterocycles. The minimum absolute atomic E-state index is 0.0146. The van der Waals surface area contributed by atoms with E-state index >= 15 is 8.78 Å². The van der Waals surface area contributed by atoms with Gasteiger partial charge in [0.15, 0.2) is 5.82 Å². The van der Waals surface area contributed by atoms with E-state index in [1.54, 1.807) is 5.10 Å². The molecule has 3 heterocycles. The first-order chi connectivity index (χ1) is 20.5. The number of hydrogen-bond donors (Lipinski definition) is 3. The zero-order valence-electron chi connectivity index (χ0n) is 23.0. The van der Waals surface area contributed by atoms with Crippen molar-refractivity contribution < 1.29 is 40.6 Å². The van der Waals surface area contributed by atoms with Gasteiger partial charge in [0.1, 0.15) is 17.6 Å². The van der Waals surface area contributed by atoms with Gasteiger partial charge in [-0.3, -0.25) is 9.59 Å². The Hall–Kier alpha value is -4.38. The van der Waals surface area contributed by atoms with Crippen LogP contribution in [0.1, 0.15) is 31.4 Å². The highest BCUT2D eigenvalue weighted by atomic mass is 19.4. The highest BCUT2D eigenvalue weighted by Gasteiger charge is 2.38. The topological polar surface area (TPSA) is 135 Å². The van der Waals surface area contributed by atoms with Crippen molar-refractivity contribution in [3.63, 3.8) is 0 Å². The van der Waals surface area contributed by atoms with Gasteiger partial charge in [-0.25, -0.2) is 23.8 Å². The molecule has 17 heteroatoms. The van der Waals surface area contributed by atoms with Crippen LogP contribution in [0.2, 0.25) is 0 Å². The summed E-state index contributed by atoms with van der Waals surface area (Å²) in [6, 6.07) is 2.12. The number of nitrogens with one attached hydrogen (secondary N) is 2. The average Bonchev–Trinajstić information content (AvgIpc) is 2.92. The molecule has 4 rings (SSSR count). The Morgan fingerprint density at radius 3 is 2.39 bits per heavy atom. The van der Waals surface area contributed by atoms with Crippen LogP contribution in [0.3, 0.4) is 0 Å². The predicted molar refractivity (Wildman–Crippen MR) is 143 cm³/mol. The third-order valence-electron chi connectivity index (χ3n) is 6.52. The molecule has 0 saturated heterocycles. The third-order valence-corrected chi connectivity index (χ3v) is 6.52. The highest BCUT2D eigenvalue weighted by molar-refractivity contribution is 5.86. The maximum atomic E-state index is 15.2. The molecule has 0 bridgehead atoms. The van der Waals surface area contributed by atoms with Gasteiger partial charge in [0.05, 0.1) is 47.6 Å². The fourth-order valence-corrected chi connectivity index (χ4v) is 4.37. The molecule has 0 aliphatic rings. The molecule has 2 atom stereocenters. The van der Waals surface area contributed by atoms with E-state index in [4.69, 9.17) is 0 Å². The van der Waals surface area contributed by atoms with E-state index in [1.165, 1.54) is 44.6 Å². The van der Waals surface area contributed by atoms with Gasteiger partial charge in [-0.2, -0.15) is 27.1 Å². The number of halogens is 7. The average molecular weight is 631 g/mol. The van der Waals surface area contributed by atoms with Crippen molar-refractivity contribution in [1.29, 1.82) is 0 Å². The summed E-state index contributed by atoms with van der Waals surface area (Å²) in [7, 11) is 0. The van der Waals surface area contributed by atoms with Gasteiger partial charge >= 0.3 is 12.8 Å². The van der Waals surface area contributed by atoms with E-state index in [9.17, 15) is 36.6 Å². The molecule has 1 aromatic carbocycles. The zero-order valence-corrected chi connectivity index (χ0v) is 23.0. The molecule has 236 valence electrons. The summed E-state index contributed by atoms with van der Waals surface area (Å²) in [5.41, 5.74) is -5.88. The van der Waals surface area contributed by atoms with E-state index < -0.39 is 78.4 Å². The molecule has 44 heavy (non-hydrogen) atoms. The summed E-state index contributed by atoms with van der Waals surface area (Å²) in [5.74, 6) is -0.875. The smallest absolute Gasteiger partial charge is 0.386 e. The maximum Gasteiger partial charge on any atom is 0.423 e. The first kappa shape index (κ1) is 32.5. The van der Waals surface area contributed by atoms with Gasteiger partial charge in [-0.15, -0.1) is 0 Å². The van der Waals surface area contributed by atoms with Gasteiger partial charge in [-0.1, -0.05) is 0 Å². The Morgan fingerprint density at radius 2 is 1.77 bits per heavy atom. The molecular weight excluding hydrogens is 605 g/mol. The monoisotopic (exact) mass is 630 g/mol. The first-order valence-electron chi connectivity index (χ1n) is 12.9. The number of ether oxygens (including phenoxy) is 1. The molecule has 0 spiro atoms. The van der Waals surface area contributed by atoms with E-state index in [-0.39, 0.29) is 22.2 Å². The number of aliphatic hydroxyl groups is 1. The fourth-order valence-electron chi connectivity index (χ4n) is 4.37. The second kappa shape index (κ2) is 12.7. The van der Waals surface area contributed by atoms with Crippen molar-refractivity contribution >= 4 is 16.5 Å². The molecule has 3 aromatic heterocycles. The number of fused-ring (bicyclic) bond motifs is 1. The van der Waals surface area contributed by atoms with E-state index in [1.807, 2.05) is 0 Å². The summed E-state index contributed by atoms with van der Waals surface area (Å²) in [5, 5.41) is 17.3. The van der Waals surface area contributed by atoms with Crippen molar-refractivity contribution in [1.82, 2.24) is 24.7 Å². The lowest BCUT2D eigenvalue weighted by Crippen LogP contribution is -2.35. The lowest BCUT2D eigenvalue weighted by Gasteiger charge is -2.23. The van der Waals surface area contributed by atoms with Gasteiger partial charge in [-0.05, 0) is 37.4 Å². The quantitative estimate of drug-likeness (QED) is 0.208. The van der Waals surface area contributed by atoms with Gasteiger partial charge in [0.25, 0.3) is 11.1 Å². The lowest BCUT2D eigenvalue weighted by molar-refractivity contribution is -0.138. The molecule has 3 N–H and O–H groups in total. The first-order valence-corrected chi connectivity index (χ1v) is 12.9. The van der Waals surface area contributed by atoms with Crippen LogP contribution in [0.15, 0.2) is 52.6 Å². The number of H-pyrrole nitrogens is 1. The number of anilines is 1. The summed E-state index contributed by atoms with van der Waals surface area (Å²) in [4.78, 5) is 32.9. The number of hydrogen-bond acceptors (Lipinski definition) is 8. The summed E-state index contributed by atoms with van der Waals surface area (Å²) < 4.78 is 101. The van der Waals surface area contributed by atoms with Crippen molar-refractivity contribution in [2.24, 2.45) is 0 Å². The Bertz CT molecular complexity index is 1740. The number of alkyl halides is 6. The SMILES string of the molecule is CC(C)(O)c1cnc(-c2cc3ccn(CC(F)CC(COC(F)F)Nc4cn[nH]c(=O)c4C(F)(F)F)c(=O)c3cc2F)nc1. The van der Waals surface area contributed by atoms with Crippen LogP contribution in [-0.2, 0) is 23.1 Å². The molecule has 0 aliphatic carbocycles. The standard InChI is InChI=1S/C27H25F7N6O4/c1-26(2,43)14-8-35-22(36-9-14)18-5-13-3-4-40(24(42)17(13)7-19(18)29)11-15(28)6-16(12-44-25(30)31)38-20-10-37-39-23(41)21(20)27(32,33)34/h3-5,7-10,15-16,25,43H,6,11-12H2,1-2H3,(H2,38,39,41). The van der Waals surface area contributed by atoms with Crippen LogP contribution in [-0.4, -0.2) is 55.3 Å².